The molecule has 5 nitrogen and oxygen atoms in total. The Morgan fingerprint density at radius 2 is 1.93 bits per heavy atom. The van der Waals surface area contributed by atoms with Gasteiger partial charge in [0.2, 0.25) is 5.43 Å². The van der Waals surface area contributed by atoms with Crippen LogP contribution in [0.4, 0.5) is 4.39 Å². The number of methoxy groups -OCH3 is 1. The van der Waals surface area contributed by atoms with Gasteiger partial charge in [0.1, 0.15) is 17.1 Å². The molecule has 6 heteroatoms. The van der Waals surface area contributed by atoms with Crippen molar-refractivity contribution < 1.29 is 13.9 Å². The standard InChI is InChI=1S/C24H25FN2O3/c1-15-12-17(25)13-19-22(15)26-14-20(23(19)28)24(29)27-11-5-3-4-6-21(27)16-7-9-18(30-2)10-8-16/h7-10,12-14,21H,3-6,11H2,1-2H3,(H,26,28)/t21-/m0/s1. The van der Waals surface area contributed by atoms with Gasteiger partial charge in [-0.2, -0.15) is 0 Å². The molecule has 1 aliphatic heterocycles. The van der Waals surface area contributed by atoms with Crippen LogP contribution in [0, 0.1) is 12.7 Å². The fourth-order valence-electron chi connectivity index (χ4n) is 4.31. The molecule has 0 spiro atoms. The van der Waals surface area contributed by atoms with Crippen LogP contribution in [0.15, 0.2) is 47.4 Å². The Labute approximate surface area is 174 Å². The number of hydrogen-bond acceptors (Lipinski definition) is 3. The van der Waals surface area contributed by atoms with E-state index in [0.29, 0.717) is 17.6 Å². The van der Waals surface area contributed by atoms with Crippen LogP contribution in [0.2, 0.25) is 0 Å². The molecular weight excluding hydrogens is 383 g/mol. The van der Waals surface area contributed by atoms with E-state index < -0.39 is 11.2 Å². The van der Waals surface area contributed by atoms with Crippen LogP contribution >= 0.6 is 0 Å². The number of H-pyrrole nitrogens is 1. The largest absolute Gasteiger partial charge is 0.497 e. The zero-order valence-corrected chi connectivity index (χ0v) is 17.2. The number of hydrogen-bond donors (Lipinski definition) is 1. The van der Waals surface area contributed by atoms with E-state index in [9.17, 15) is 14.0 Å². The number of ether oxygens (including phenoxy) is 1. The highest BCUT2D eigenvalue weighted by atomic mass is 19.1. The van der Waals surface area contributed by atoms with Crippen molar-refractivity contribution in [2.45, 2.75) is 38.6 Å². The highest BCUT2D eigenvalue weighted by Gasteiger charge is 2.29. The molecule has 1 amide bonds. The number of nitrogens with zero attached hydrogens (tertiary/aromatic N) is 1. The zero-order chi connectivity index (χ0) is 21.3. The first kappa shape index (κ1) is 20.1. The maximum Gasteiger partial charge on any atom is 0.259 e. The van der Waals surface area contributed by atoms with Crippen molar-refractivity contribution in [1.29, 1.82) is 0 Å². The molecule has 1 fully saturated rings. The Bertz CT molecular complexity index is 1140. The third kappa shape index (κ3) is 3.70. The van der Waals surface area contributed by atoms with Gasteiger partial charge >= 0.3 is 0 Å². The predicted molar refractivity (Wildman–Crippen MR) is 115 cm³/mol. The summed E-state index contributed by atoms with van der Waals surface area (Å²) in [5.41, 5.74) is 1.82. The van der Waals surface area contributed by atoms with Crippen molar-refractivity contribution in [3.63, 3.8) is 0 Å². The number of halogens is 1. The molecule has 3 aromatic rings. The van der Waals surface area contributed by atoms with Crippen LogP contribution in [0.5, 0.6) is 5.75 Å². The second kappa shape index (κ2) is 8.30. The molecule has 1 N–H and O–H groups in total. The molecule has 1 aromatic heterocycles. The molecule has 1 atom stereocenters. The molecule has 30 heavy (non-hydrogen) atoms. The highest BCUT2D eigenvalue weighted by Crippen LogP contribution is 2.32. The molecule has 1 aliphatic rings. The van der Waals surface area contributed by atoms with Gasteiger partial charge in [-0.05, 0) is 55.2 Å². The molecule has 0 unspecified atom stereocenters. The Balaban J connectivity index is 1.75. The number of likely N-dealkylation sites (tertiary alicyclic amines) is 1. The number of carbonyl (C=O) groups excluding carboxylic acids is 1. The van der Waals surface area contributed by atoms with Gasteiger partial charge in [-0.25, -0.2) is 4.39 Å². The number of pyridine rings is 1. The first-order chi connectivity index (χ1) is 14.5. The monoisotopic (exact) mass is 408 g/mol. The zero-order valence-electron chi connectivity index (χ0n) is 17.2. The smallest absolute Gasteiger partial charge is 0.259 e. The van der Waals surface area contributed by atoms with Gasteiger partial charge < -0.3 is 14.6 Å². The lowest BCUT2D eigenvalue weighted by molar-refractivity contribution is 0.0679. The summed E-state index contributed by atoms with van der Waals surface area (Å²) in [6.45, 7) is 2.31. The molecule has 0 radical (unpaired) electrons. The second-order valence-electron chi connectivity index (χ2n) is 7.81. The number of aromatic amines is 1. The van der Waals surface area contributed by atoms with E-state index in [4.69, 9.17) is 4.74 Å². The Morgan fingerprint density at radius 1 is 1.17 bits per heavy atom. The summed E-state index contributed by atoms with van der Waals surface area (Å²) in [5, 5.41) is 0.203. The second-order valence-corrected chi connectivity index (χ2v) is 7.81. The van der Waals surface area contributed by atoms with Crippen LogP contribution in [-0.2, 0) is 0 Å². The molecule has 0 aliphatic carbocycles. The van der Waals surface area contributed by atoms with E-state index in [1.165, 1.54) is 18.3 Å². The van der Waals surface area contributed by atoms with Crippen LogP contribution in [0.1, 0.15) is 53.2 Å². The van der Waals surface area contributed by atoms with Crippen molar-refractivity contribution >= 4 is 16.8 Å². The summed E-state index contributed by atoms with van der Waals surface area (Å²) in [6.07, 6.45) is 5.23. The number of rotatable bonds is 3. The number of carbonyl (C=O) groups is 1. The molecule has 0 saturated carbocycles. The summed E-state index contributed by atoms with van der Waals surface area (Å²) < 4.78 is 19.1. The Hall–Kier alpha value is -3.15. The van der Waals surface area contributed by atoms with E-state index in [1.54, 1.807) is 18.9 Å². The fraction of sp³-hybridized carbons (Fsp3) is 0.333. The number of aromatic nitrogens is 1. The Morgan fingerprint density at radius 3 is 2.67 bits per heavy atom. The van der Waals surface area contributed by atoms with Gasteiger partial charge in [0.15, 0.2) is 0 Å². The first-order valence-electron chi connectivity index (χ1n) is 10.3. The third-order valence-corrected chi connectivity index (χ3v) is 5.90. The number of fused-ring (bicyclic) bond motifs is 1. The van der Waals surface area contributed by atoms with Gasteiger partial charge in [0.25, 0.3) is 5.91 Å². The first-order valence-corrected chi connectivity index (χ1v) is 10.3. The average Bonchev–Trinajstić information content (AvgIpc) is 3.00. The lowest BCUT2D eigenvalue weighted by Gasteiger charge is -2.30. The van der Waals surface area contributed by atoms with Gasteiger partial charge in [-0.3, -0.25) is 9.59 Å². The fourth-order valence-corrected chi connectivity index (χ4v) is 4.31. The summed E-state index contributed by atoms with van der Waals surface area (Å²) in [7, 11) is 1.62. The highest BCUT2D eigenvalue weighted by molar-refractivity contribution is 5.97. The molecule has 4 rings (SSSR count). The summed E-state index contributed by atoms with van der Waals surface area (Å²) >= 11 is 0. The lowest BCUT2D eigenvalue weighted by Crippen LogP contribution is -2.37. The van der Waals surface area contributed by atoms with Crippen LogP contribution in [0.25, 0.3) is 10.9 Å². The van der Waals surface area contributed by atoms with E-state index in [-0.39, 0.29) is 22.9 Å². The van der Waals surface area contributed by atoms with Crippen LogP contribution < -0.4 is 10.2 Å². The SMILES string of the molecule is COc1ccc([C@@H]2CCCCCN2C(=O)c2c[nH]c3c(C)cc(F)cc3c2=O)cc1. The third-order valence-electron chi connectivity index (χ3n) is 5.90. The number of amides is 1. The van der Waals surface area contributed by atoms with Gasteiger partial charge in [-0.15, -0.1) is 0 Å². The summed E-state index contributed by atoms with van der Waals surface area (Å²) in [5.74, 6) is -0.0441. The van der Waals surface area contributed by atoms with Crippen LogP contribution in [-0.4, -0.2) is 29.4 Å². The van der Waals surface area contributed by atoms with Crippen molar-refractivity contribution in [1.82, 2.24) is 9.88 Å². The molecule has 2 aromatic carbocycles. The number of nitrogens with one attached hydrogen (secondary N) is 1. The van der Waals surface area contributed by atoms with E-state index in [0.717, 1.165) is 37.0 Å². The number of benzene rings is 2. The minimum atomic E-state index is -0.485. The van der Waals surface area contributed by atoms with Gasteiger partial charge in [0.05, 0.1) is 18.7 Å². The Kier molecular flexibility index (Phi) is 5.57. The van der Waals surface area contributed by atoms with Crippen molar-refractivity contribution in [2.24, 2.45) is 0 Å². The van der Waals surface area contributed by atoms with Crippen LogP contribution in [0.3, 0.4) is 0 Å². The van der Waals surface area contributed by atoms with Crippen molar-refractivity contribution in [3.05, 3.63) is 75.3 Å². The van der Waals surface area contributed by atoms with E-state index in [1.807, 2.05) is 24.3 Å². The topological polar surface area (TPSA) is 62.4 Å². The molecule has 1 saturated heterocycles. The molecule has 156 valence electrons. The minimum Gasteiger partial charge on any atom is -0.497 e. The van der Waals surface area contributed by atoms with E-state index in [2.05, 4.69) is 4.98 Å². The van der Waals surface area contributed by atoms with Gasteiger partial charge in [0, 0.05) is 18.1 Å². The maximum atomic E-state index is 13.9. The predicted octanol–water partition coefficient (Wildman–Crippen LogP) is 4.74. The normalized spacial score (nSPS) is 17.0. The summed E-state index contributed by atoms with van der Waals surface area (Å²) in [4.78, 5) is 31.4. The quantitative estimate of drug-likeness (QED) is 0.681. The summed E-state index contributed by atoms with van der Waals surface area (Å²) in [6, 6.07) is 10.2. The lowest BCUT2D eigenvalue weighted by atomic mass is 9.99. The maximum absolute atomic E-state index is 13.9. The average molecular weight is 408 g/mol. The van der Waals surface area contributed by atoms with E-state index >= 15 is 0 Å². The van der Waals surface area contributed by atoms with Crippen molar-refractivity contribution in [3.8, 4) is 5.75 Å². The minimum absolute atomic E-state index is 0.0490. The van der Waals surface area contributed by atoms with Gasteiger partial charge in [-0.1, -0.05) is 25.0 Å². The number of aryl methyl sites for hydroxylation is 1. The molecule has 2 heterocycles. The molecular formula is C24H25FN2O3. The molecule has 0 bridgehead atoms. The van der Waals surface area contributed by atoms with Crippen molar-refractivity contribution in [2.75, 3.05) is 13.7 Å².